The van der Waals surface area contributed by atoms with E-state index in [9.17, 15) is 8.42 Å². The first-order chi connectivity index (χ1) is 10.6. The molecule has 0 bridgehead atoms. The quantitative estimate of drug-likeness (QED) is 0.689. The van der Waals surface area contributed by atoms with Crippen molar-refractivity contribution in [1.29, 1.82) is 0 Å². The zero-order valence-electron chi connectivity index (χ0n) is 11.6. The number of halogens is 1. The van der Waals surface area contributed by atoms with Gasteiger partial charge in [0.25, 0.3) is 0 Å². The highest BCUT2D eigenvalue weighted by Gasteiger charge is 2.17. The van der Waals surface area contributed by atoms with Crippen molar-refractivity contribution in [2.24, 2.45) is 0 Å². The first-order valence-corrected chi connectivity index (χ1v) is 8.60. The Balaban J connectivity index is 2.07. The SMILES string of the molecule is O=S(=O)(c1ccc(Cl)cc1)c1cccc(-c2ccccc2)c1. The molecule has 22 heavy (non-hydrogen) atoms. The Labute approximate surface area is 134 Å². The lowest BCUT2D eigenvalue weighted by Crippen LogP contribution is -2.01. The van der Waals surface area contributed by atoms with E-state index in [1.165, 1.54) is 12.1 Å². The highest BCUT2D eigenvalue weighted by molar-refractivity contribution is 7.91. The summed E-state index contributed by atoms with van der Waals surface area (Å²) < 4.78 is 25.4. The van der Waals surface area contributed by atoms with Gasteiger partial charge in [0.2, 0.25) is 9.84 Å². The highest BCUT2D eigenvalue weighted by atomic mass is 35.5. The van der Waals surface area contributed by atoms with Gasteiger partial charge in [-0.2, -0.15) is 0 Å². The van der Waals surface area contributed by atoms with E-state index in [0.717, 1.165) is 11.1 Å². The van der Waals surface area contributed by atoms with E-state index in [1.807, 2.05) is 36.4 Å². The van der Waals surface area contributed by atoms with Crippen molar-refractivity contribution in [3.63, 3.8) is 0 Å². The fourth-order valence-electron chi connectivity index (χ4n) is 2.22. The van der Waals surface area contributed by atoms with Crippen molar-refractivity contribution in [3.05, 3.63) is 83.9 Å². The largest absolute Gasteiger partial charge is 0.219 e. The lowest BCUT2D eigenvalue weighted by Gasteiger charge is -2.07. The molecule has 3 aromatic rings. The van der Waals surface area contributed by atoms with Crippen LogP contribution in [0.25, 0.3) is 11.1 Å². The van der Waals surface area contributed by atoms with Gasteiger partial charge in [-0.3, -0.25) is 0 Å². The van der Waals surface area contributed by atoms with Gasteiger partial charge in [-0.25, -0.2) is 8.42 Å². The lowest BCUT2D eigenvalue weighted by molar-refractivity contribution is 0.596. The van der Waals surface area contributed by atoms with E-state index >= 15 is 0 Å². The fourth-order valence-corrected chi connectivity index (χ4v) is 3.66. The summed E-state index contributed by atoms with van der Waals surface area (Å²) >= 11 is 5.82. The van der Waals surface area contributed by atoms with Gasteiger partial charge in [-0.15, -0.1) is 0 Å². The molecule has 0 radical (unpaired) electrons. The smallest absolute Gasteiger partial charge is 0.206 e. The van der Waals surface area contributed by atoms with Gasteiger partial charge in [0, 0.05) is 5.02 Å². The van der Waals surface area contributed by atoms with Crippen LogP contribution in [0.3, 0.4) is 0 Å². The van der Waals surface area contributed by atoms with Crippen molar-refractivity contribution in [2.75, 3.05) is 0 Å². The zero-order valence-corrected chi connectivity index (χ0v) is 13.2. The first-order valence-electron chi connectivity index (χ1n) is 6.73. The van der Waals surface area contributed by atoms with Crippen LogP contribution in [0.5, 0.6) is 0 Å². The summed E-state index contributed by atoms with van der Waals surface area (Å²) in [5, 5.41) is 0.511. The van der Waals surface area contributed by atoms with Gasteiger partial charge in [-0.05, 0) is 47.5 Å². The lowest BCUT2D eigenvalue weighted by atomic mass is 10.1. The van der Waals surface area contributed by atoms with Crippen LogP contribution >= 0.6 is 11.6 Å². The van der Waals surface area contributed by atoms with Crippen molar-refractivity contribution < 1.29 is 8.42 Å². The third-order valence-corrected chi connectivity index (χ3v) is 5.39. The predicted molar refractivity (Wildman–Crippen MR) is 88.8 cm³/mol. The summed E-state index contributed by atoms with van der Waals surface area (Å²) in [6.07, 6.45) is 0. The molecule has 0 fully saturated rings. The standard InChI is InChI=1S/C18H13ClO2S/c19-16-9-11-17(12-10-16)22(20,21)18-8-4-7-15(13-18)14-5-2-1-3-6-14/h1-13H. The minimum atomic E-state index is -3.54. The van der Waals surface area contributed by atoms with E-state index < -0.39 is 9.84 Å². The zero-order chi connectivity index (χ0) is 15.6. The van der Waals surface area contributed by atoms with E-state index in [2.05, 4.69) is 0 Å². The molecule has 0 aromatic heterocycles. The maximum Gasteiger partial charge on any atom is 0.206 e. The molecule has 3 rings (SSSR count). The predicted octanol–water partition coefficient (Wildman–Crippen LogP) is 4.84. The molecule has 0 aliphatic heterocycles. The molecule has 0 saturated carbocycles. The molecule has 0 heterocycles. The summed E-state index contributed by atoms with van der Waals surface area (Å²) in [5.74, 6) is 0. The highest BCUT2D eigenvalue weighted by Crippen LogP contribution is 2.26. The molecule has 0 saturated heterocycles. The summed E-state index contributed by atoms with van der Waals surface area (Å²) in [7, 11) is -3.54. The van der Waals surface area contributed by atoms with Crippen molar-refractivity contribution in [3.8, 4) is 11.1 Å². The maximum absolute atomic E-state index is 12.7. The minimum Gasteiger partial charge on any atom is -0.219 e. The molecule has 0 atom stereocenters. The van der Waals surface area contributed by atoms with E-state index in [1.54, 1.807) is 30.3 Å². The third kappa shape index (κ3) is 2.91. The van der Waals surface area contributed by atoms with Gasteiger partial charge in [-0.1, -0.05) is 54.1 Å². The van der Waals surface area contributed by atoms with Crippen LogP contribution in [-0.4, -0.2) is 8.42 Å². The molecule has 4 heteroatoms. The van der Waals surface area contributed by atoms with Crippen LogP contribution < -0.4 is 0 Å². The van der Waals surface area contributed by atoms with Crippen LogP contribution in [0.2, 0.25) is 5.02 Å². The molecule has 0 unspecified atom stereocenters. The van der Waals surface area contributed by atoms with Crippen LogP contribution in [0.1, 0.15) is 0 Å². The number of sulfone groups is 1. The van der Waals surface area contributed by atoms with E-state index in [0.29, 0.717) is 5.02 Å². The molecule has 0 aliphatic carbocycles. The van der Waals surface area contributed by atoms with Crippen molar-refractivity contribution in [2.45, 2.75) is 9.79 Å². The number of hydrogen-bond acceptors (Lipinski definition) is 2. The van der Waals surface area contributed by atoms with E-state index in [-0.39, 0.29) is 9.79 Å². The molecule has 0 N–H and O–H groups in total. The number of rotatable bonds is 3. The monoisotopic (exact) mass is 328 g/mol. The molecule has 0 spiro atoms. The van der Waals surface area contributed by atoms with Crippen molar-refractivity contribution in [1.82, 2.24) is 0 Å². The number of hydrogen-bond donors (Lipinski definition) is 0. The Morgan fingerprint density at radius 1 is 0.636 bits per heavy atom. The van der Waals surface area contributed by atoms with Gasteiger partial charge in [0.1, 0.15) is 0 Å². The Morgan fingerprint density at radius 2 is 1.27 bits per heavy atom. The molecule has 0 amide bonds. The van der Waals surface area contributed by atoms with E-state index in [4.69, 9.17) is 11.6 Å². The Morgan fingerprint density at radius 3 is 1.95 bits per heavy atom. The molecule has 110 valence electrons. The molecular formula is C18H13ClO2S. The summed E-state index contributed by atoms with van der Waals surface area (Å²) in [4.78, 5) is 0.512. The maximum atomic E-state index is 12.7. The second-order valence-electron chi connectivity index (χ2n) is 4.85. The molecule has 2 nitrogen and oxygen atoms in total. The van der Waals surface area contributed by atoms with Gasteiger partial charge in [0.15, 0.2) is 0 Å². The molecular weight excluding hydrogens is 316 g/mol. The van der Waals surface area contributed by atoms with Gasteiger partial charge < -0.3 is 0 Å². The molecule has 0 aliphatic rings. The summed E-state index contributed by atoms with van der Waals surface area (Å²) in [6.45, 7) is 0. The summed E-state index contributed by atoms with van der Waals surface area (Å²) in [5.41, 5.74) is 1.85. The molecule has 3 aromatic carbocycles. The Hall–Kier alpha value is -2.10. The van der Waals surface area contributed by atoms with Gasteiger partial charge in [0.05, 0.1) is 9.79 Å². The van der Waals surface area contributed by atoms with Crippen LogP contribution in [0.4, 0.5) is 0 Å². The number of benzene rings is 3. The summed E-state index contributed by atoms with van der Waals surface area (Å²) in [6, 6.07) is 22.8. The Kier molecular flexibility index (Phi) is 4.01. The van der Waals surface area contributed by atoms with Gasteiger partial charge >= 0.3 is 0 Å². The average Bonchev–Trinajstić information content (AvgIpc) is 2.56. The third-order valence-electron chi connectivity index (χ3n) is 3.38. The van der Waals surface area contributed by atoms with Crippen LogP contribution in [0.15, 0.2) is 88.7 Å². The van der Waals surface area contributed by atoms with Crippen LogP contribution in [0, 0.1) is 0 Å². The normalized spacial score (nSPS) is 11.3. The van der Waals surface area contributed by atoms with Crippen LogP contribution in [-0.2, 0) is 9.84 Å². The first kappa shape index (κ1) is 14.8. The Bertz CT molecular complexity index is 886. The second kappa shape index (κ2) is 5.95. The topological polar surface area (TPSA) is 34.1 Å². The minimum absolute atomic E-state index is 0.238. The fraction of sp³-hybridized carbons (Fsp3) is 0. The average molecular weight is 329 g/mol. The van der Waals surface area contributed by atoms with Crippen molar-refractivity contribution >= 4 is 21.4 Å². The second-order valence-corrected chi connectivity index (χ2v) is 7.24.